The van der Waals surface area contributed by atoms with E-state index in [0.717, 1.165) is 0 Å². The highest BCUT2D eigenvalue weighted by Gasteiger charge is 2.22. The summed E-state index contributed by atoms with van der Waals surface area (Å²) in [7, 11) is 1.22. The van der Waals surface area contributed by atoms with Gasteiger partial charge in [-0.15, -0.1) is 0 Å². The summed E-state index contributed by atoms with van der Waals surface area (Å²) in [6.07, 6.45) is 1.58. The molecule has 2 unspecified atom stereocenters. The SMILES string of the molecule is CC#CC(/C=C\C(CC(O)O)SCCC(=O)O)[N+](=O)OC. The Morgan fingerprint density at radius 3 is 2.57 bits per heavy atom. The number of thioether (sulfide) groups is 1. The Labute approximate surface area is 127 Å². The van der Waals surface area contributed by atoms with Crippen LogP contribution in [-0.2, 0) is 9.63 Å². The first-order valence-electron chi connectivity index (χ1n) is 6.21. The molecule has 0 bridgehead atoms. The van der Waals surface area contributed by atoms with Gasteiger partial charge in [0.15, 0.2) is 13.4 Å². The van der Waals surface area contributed by atoms with Crippen LogP contribution in [0.25, 0.3) is 0 Å². The van der Waals surface area contributed by atoms with Gasteiger partial charge in [0, 0.05) is 23.5 Å². The monoisotopic (exact) mass is 318 g/mol. The van der Waals surface area contributed by atoms with Crippen molar-refractivity contribution in [2.75, 3.05) is 12.9 Å². The van der Waals surface area contributed by atoms with Gasteiger partial charge in [-0.3, -0.25) is 4.79 Å². The van der Waals surface area contributed by atoms with Crippen molar-refractivity contribution in [3.8, 4) is 11.8 Å². The molecule has 0 radical (unpaired) electrons. The van der Waals surface area contributed by atoms with E-state index >= 15 is 0 Å². The summed E-state index contributed by atoms with van der Waals surface area (Å²) in [6, 6.07) is -0.807. The van der Waals surface area contributed by atoms with Crippen LogP contribution in [-0.4, -0.2) is 56.7 Å². The quantitative estimate of drug-likeness (QED) is 0.234. The molecule has 0 aromatic heterocycles. The molecule has 21 heavy (non-hydrogen) atoms. The van der Waals surface area contributed by atoms with Crippen LogP contribution in [0.5, 0.6) is 0 Å². The van der Waals surface area contributed by atoms with Gasteiger partial charge in [0.1, 0.15) is 0 Å². The Morgan fingerprint density at radius 1 is 1.43 bits per heavy atom. The normalized spacial score (nSPS) is 13.6. The summed E-state index contributed by atoms with van der Waals surface area (Å²) in [5.41, 5.74) is 0. The van der Waals surface area contributed by atoms with Crippen LogP contribution in [0.15, 0.2) is 12.2 Å². The van der Waals surface area contributed by atoms with Crippen molar-refractivity contribution in [2.24, 2.45) is 0 Å². The Kier molecular flexibility index (Phi) is 10.3. The second kappa shape index (κ2) is 11.1. The van der Waals surface area contributed by atoms with Gasteiger partial charge >= 0.3 is 12.0 Å². The predicted octanol–water partition coefficient (Wildman–Crippen LogP) is 0.552. The van der Waals surface area contributed by atoms with E-state index in [1.54, 1.807) is 13.0 Å². The standard InChI is InChI=1S/C13H19NO6S/c1-3-4-10(14(19)20-2)5-6-11(9-13(17)18)21-8-7-12(15)16/h5-6,10-11,13,17-18H,7-9H2,1-2H3/p+1/b6-5-. The molecule has 0 saturated carbocycles. The highest BCUT2D eigenvalue weighted by Crippen LogP contribution is 2.19. The molecule has 0 aromatic carbocycles. The van der Waals surface area contributed by atoms with E-state index in [1.165, 1.54) is 24.9 Å². The fourth-order valence-electron chi connectivity index (χ4n) is 1.37. The van der Waals surface area contributed by atoms with Gasteiger partial charge in [0.25, 0.3) is 0 Å². The third kappa shape index (κ3) is 9.90. The van der Waals surface area contributed by atoms with Crippen molar-refractivity contribution >= 4 is 17.7 Å². The summed E-state index contributed by atoms with van der Waals surface area (Å²) < 4.78 is 0. The molecule has 0 aliphatic heterocycles. The van der Waals surface area contributed by atoms with E-state index in [9.17, 15) is 9.70 Å². The van der Waals surface area contributed by atoms with Crippen LogP contribution in [0.1, 0.15) is 19.8 Å². The fraction of sp³-hybridized carbons (Fsp3) is 0.615. The van der Waals surface area contributed by atoms with E-state index in [1.807, 2.05) is 0 Å². The maximum Gasteiger partial charge on any atom is 0.335 e. The third-order valence-corrected chi connectivity index (χ3v) is 3.52. The number of carbonyl (C=O) groups is 1. The molecule has 0 fully saturated rings. The first-order valence-corrected chi connectivity index (χ1v) is 7.26. The van der Waals surface area contributed by atoms with Gasteiger partial charge < -0.3 is 15.3 Å². The van der Waals surface area contributed by atoms with Crippen molar-refractivity contribution in [3.05, 3.63) is 17.1 Å². The maximum absolute atomic E-state index is 11.4. The minimum Gasteiger partial charge on any atom is -0.481 e. The average Bonchev–Trinajstić information content (AvgIpc) is 2.41. The van der Waals surface area contributed by atoms with Gasteiger partial charge in [-0.2, -0.15) is 11.8 Å². The van der Waals surface area contributed by atoms with Gasteiger partial charge in [0.2, 0.25) is 4.92 Å². The van der Waals surface area contributed by atoms with Crippen LogP contribution in [0.3, 0.4) is 0 Å². The van der Waals surface area contributed by atoms with Crippen LogP contribution in [0.2, 0.25) is 0 Å². The van der Waals surface area contributed by atoms with Crippen LogP contribution in [0.4, 0.5) is 0 Å². The van der Waals surface area contributed by atoms with Gasteiger partial charge in [-0.05, 0) is 12.8 Å². The Balaban J connectivity index is 4.72. The van der Waals surface area contributed by atoms with Gasteiger partial charge in [-0.25, -0.2) is 4.84 Å². The molecule has 2 atom stereocenters. The Bertz CT molecular complexity index is 426. The van der Waals surface area contributed by atoms with E-state index in [-0.39, 0.29) is 18.1 Å². The molecular formula is C13H20NO6S+. The Hall–Kier alpha value is -1.56. The molecule has 0 aromatic rings. The lowest BCUT2D eigenvalue weighted by atomic mass is 10.2. The van der Waals surface area contributed by atoms with E-state index in [4.69, 9.17) is 15.3 Å². The molecule has 8 heteroatoms. The number of hydrogen-bond donors (Lipinski definition) is 3. The summed E-state index contributed by atoms with van der Waals surface area (Å²) in [5, 5.41) is 26.3. The predicted molar refractivity (Wildman–Crippen MR) is 78.4 cm³/mol. The lowest BCUT2D eigenvalue weighted by molar-refractivity contribution is -0.805. The molecule has 0 saturated heterocycles. The van der Waals surface area contributed by atoms with Crippen LogP contribution >= 0.6 is 11.8 Å². The topological polar surface area (TPSA) is 107 Å². The van der Waals surface area contributed by atoms with Gasteiger partial charge in [0.05, 0.1) is 11.3 Å². The van der Waals surface area contributed by atoms with Crippen molar-refractivity contribution in [2.45, 2.75) is 37.3 Å². The van der Waals surface area contributed by atoms with Crippen LogP contribution in [0, 0.1) is 16.7 Å². The van der Waals surface area contributed by atoms with Crippen LogP contribution < -0.4 is 0 Å². The number of aliphatic carboxylic acids is 1. The third-order valence-electron chi connectivity index (χ3n) is 2.30. The largest absolute Gasteiger partial charge is 0.481 e. The molecule has 0 aliphatic carbocycles. The molecule has 7 nitrogen and oxygen atoms in total. The van der Waals surface area contributed by atoms with Crippen molar-refractivity contribution in [3.63, 3.8) is 0 Å². The first kappa shape index (κ1) is 19.4. The number of carboxylic acid groups (broad SMARTS) is 1. The second-order valence-electron chi connectivity index (χ2n) is 3.96. The van der Waals surface area contributed by atoms with E-state index in [2.05, 4.69) is 16.7 Å². The van der Waals surface area contributed by atoms with Gasteiger partial charge in [-0.1, -0.05) is 12.0 Å². The molecule has 0 aliphatic rings. The molecule has 118 valence electrons. The summed E-state index contributed by atoms with van der Waals surface area (Å²) in [5.74, 6) is 4.64. The van der Waals surface area contributed by atoms with E-state index in [0.29, 0.717) is 10.7 Å². The highest BCUT2D eigenvalue weighted by atomic mass is 32.2. The smallest absolute Gasteiger partial charge is 0.335 e. The number of rotatable bonds is 10. The minimum atomic E-state index is -1.52. The Morgan fingerprint density at radius 2 is 2.10 bits per heavy atom. The number of carboxylic acids is 1. The first-order chi connectivity index (χ1) is 9.90. The summed E-state index contributed by atoms with van der Waals surface area (Å²) in [6.45, 7) is 1.58. The summed E-state index contributed by atoms with van der Waals surface area (Å²) >= 11 is 1.26. The molecule has 3 N–H and O–H groups in total. The molecule has 0 spiro atoms. The minimum absolute atomic E-state index is 0.0267. The number of aliphatic hydroxyl groups excluding tert-OH is 1. The zero-order valence-electron chi connectivity index (χ0n) is 11.9. The number of nitrogens with zero attached hydrogens (tertiary/aromatic N) is 1. The zero-order chi connectivity index (χ0) is 16.3. The second-order valence-corrected chi connectivity index (χ2v) is 5.31. The van der Waals surface area contributed by atoms with Crippen molar-refractivity contribution in [1.29, 1.82) is 0 Å². The molecular weight excluding hydrogens is 298 g/mol. The molecule has 0 amide bonds. The van der Waals surface area contributed by atoms with Crippen molar-refractivity contribution < 1.29 is 29.9 Å². The van der Waals surface area contributed by atoms with Crippen molar-refractivity contribution in [1.82, 2.24) is 0 Å². The lowest BCUT2D eigenvalue weighted by Crippen LogP contribution is -2.20. The molecule has 0 rings (SSSR count). The van der Waals surface area contributed by atoms with E-state index < -0.39 is 18.3 Å². The average molecular weight is 318 g/mol. The number of hydrogen-bond acceptors (Lipinski definition) is 6. The maximum atomic E-state index is 11.4. The number of aliphatic hydroxyl groups is 2. The molecule has 0 heterocycles. The zero-order valence-corrected chi connectivity index (χ0v) is 12.7. The highest BCUT2D eigenvalue weighted by molar-refractivity contribution is 8.00. The fourth-order valence-corrected chi connectivity index (χ4v) is 2.47. The summed E-state index contributed by atoms with van der Waals surface area (Å²) in [4.78, 5) is 26.7. The lowest BCUT2D eigenvalue weighted by Gasteiger charge is -2.13.